The maximum atomic E-state index is 4.76. The van der Waals surface area contributed by atoms with Crippen molar-refractivity contribution in [1.82, 2.24) is 10.3 Å². The molecule has 1 aromatic rings. The molecule has 0 saturated heterocycles. The molecule has 3 heteroatoms. The van der Waals surface area contributed by atoms with Gasteiger partial charge in [0.2, 0.25) is 0 Å². The fourth-order valence-corrected chi connectivity index (χ4v) is 4.79. The van der Waals surface area contributed by atoms with Crippen molar-refractivity contribution in [2.75, 3.05) is 13.1 Å². The summed E-state index contributed by atoms with van der Waals surface area (Å²) in [6, 6.07) is 0. The normalized spacial score (nSPS) is 33.7. The number of aromatic nitrogens is 1. The lowest BCUT2D eigenvalue weighted by molar-refractivity contribution is 0.250. The topological polar surface area (TPSA) is 24.9 Å². The minimum absolute atomic E-state index is 0.514. The first-order valence-corrected chi connectivity index (χ1v) is 8.07. The Labute approximate surface area is 114 Å². The second-order valence-electron chi connectivity index (χ2n) is 6.37. The third kappa shape index (κ3) is 2.35. The SMILES string of the molecule is CCNCC1(Cc2nc(C)c(C)s2)CC2CC2C1. The number of hydrogen-bond acceptors (Lipinski definition) is 3. The molecule has 0 aliphatic heterocycles. The Balaban J connectivity index is 1.73. The number of hydrogen-bond donors (Lipinski definition) is 1. The molecule has 2 aliphatic rings. The number of rotatable bonds is 5. The van der Waals surface area contributed by atoms with E-state index in [1.807, 2.05) is 11.3 Å². The molecule has 2 aliphatic carbocycles. The first kappa shape index (κ1) is 12.6. The predicted octanol–water partition coefficient (Wildman–Crippen LogP) is 3.33. The quantitative estimate of drug-likeness (QED) is 0.882. The highest BCUT2D eigenvalue weighted by molar-refractivity contribution is 7.11. The summed E-state index contributed by atoms with van der Waals surface area (Å²) >= 11 is 1.91. The molecule has 1 N–H and O–H groups in total. The fourth-order valence-electron chi connectivity index (χ4n) is 3.68. The molecule has 2 atom stereocenters. The van der Waals surface area contributed by atoms with Gasteiger partial charge in [0.15, 0.2) is 0 Å². The van der Waals surface area contributed by atoms with Gasteiger partial charge in [-0.15, -0.1) is 11.3 Å². The van der Waals surface area contributed by atoms with E-state index in [0.29, 0.717) is 5.41 Å². The van der Waals surface area contributed by atoms with Crippen molar-refractivity contribution in [2.24, 2.45) is 17.3 Å². The van der Waals surface area contributed by atoms with Crippen LogP contribution in [0.1, 0.15) is 41.8 Å². The summed E-state index contributed by atoms with van der Waals surface area (Å²) in [6.07, 6.45) is 5.57. The predicted molar refractivity (Wildman–Crippen MR) is 77.1 cm³/mol. The van der Waals surface area contributed by atoms with E-state index in [2.05, 4.69) is 26.1 Å². The highest BCUT2D eigenvalue weighted by Gasteiger charge is 2.53. The van der Waals surface area contributed by atoms with Gasteiger partial charge in [-0.3, -0.25) is 0 Å². The maximum absolute atomic E-state index is 4.76. The van der Waals surface area contributed by atoms with Crippen molar-refractivity contribution in [3.05, 3.63) is 15.6 Å². The van der Waals surface area contributed by atoms with Crippen molar-refractivity contribution in [3.63, 3.8) is 0 Å². The first-order chi connectivity index (χ1) is 8.62. The van der Waals surface area contributed by atoms with Crippen LogP contribution in [0.4, 0.5) is 0 Å². The van der Waals surface area contributed by atoms with Gasteiger partial charge in [0.1, 0.15) is 0 Å². The van der Waals surface area contributed by atoms with E-state index in [1.54, 1.807) is 0 Å². The Bertz CT molecular complexity index is 408. The van der Waals surface area contributed by atoms with E-state index >= 15 is 0 Å². The molecule has 2 saturated carbocycles. The molecular weight excluding hydrogens is 240 g/mol. The molecule has 0 aromatic carbocycles. The zero-order chi connectivity index (χ0) is 12.8. The molecule has 2 fully saturated rings. The van der Waals surface area contributed by atoms with Crippen LogP contribution >= 0.6 is 11.3 Å². The van der Waals surface area contributed by atoms with Crippen LogP contribution in [0.25, 0.3) is 0 Å². The Morgan fingerprint density at radius 3 is 2.61 bits per heavy atom. The highest BCUT2D eigenvalue weighted by atomic mass is 32.1. The van der Waals surface area contributed by atoms with Crippen molar-refractivity contribution < 1.29 is 0 Å². The molecule has 3 rings (SSSR count). The summed E-state index contributed by atoms with van der Waals surface area (Å²) in [4.78, 5) is 6.15. The Morgan fingerprint density at radius 2 is 2.06 bits per heavy atom. The summed E-state index contributed by atoms with van der Waals surface area (Å²) < 4.78 is 0. The average Bonchev–Trinajstić information content (AvgIpc) is 2.82. The second-order valence-corrected chi connectivity index (χ2v) is 7.66. The fraction of sp³-hybridized carbons (Fsp3) is 0.800. The summed E-state index contributed by atoms with van der Waals surface area (Å²) in [5.74, 6) is 2.09. The van der Waals surface area contributed by atoms with Gasteiger partial charge in [0.05, 0.1) is 10.7 Å². The molecular formula is C15H24N2S. The number of fused-ring (bicyclic) bond motifs is 1. The van der Waals surface area contributed by atoms with E-state index in [9.17, 15) is 0 Å². The van der Waals surface area contributed by atoms with E-state index in [-0.39, 0.29) is 0 Å². The molecule has 0 spiro atoms. The second kappa shape index (κ2) is 4.61. The zero-order valence-corrected chi connectivity index (χ0v) is 12.6. The first-order valence-electron chi connectivity index (χ1n) is 7.25. The van der Waals surface area contributed by atoms with E-state index in [4.69, 9.17) is 4.98 Å². The average molecular weight is 264 g/mol. The molecule has 100 valence electrons. The van der Waals surface area contributed by atoms with Crippen LogP contribution in [-0.2, 0) is 6.42 Å². The molecule has 1 aromatic heterocycles. The molecule has 0 radical (unpaired) electrons. The van der Waals surface area contributed by atoms with Gasteiger partial charge in [-0.25, -0.2) is 4.98 Å². The summed E-state index contributed by atoms with van der Waals surface area (Å²) in [6.45, 7) is 8.82. The summed E-state index contributed by atoms with van der Waals surface area (Å²) in [5.41, 5.74) is 1.75. The lowest BCUT2D eigenvalue weighted by Crippen LogP contribution is -2.35. The lowest BCUT2D eigenvalue weighted by Gasteiger charge is -2.30. The van der Waals surface area contributed by atoms with Crippen molar-refractivity contribution in [3.8, 4) is 0 Å². The van der Waals surface area contributed by atoms with Crippen LogP contribution in [0.5, 0.6) is 0 Å². The third-order valence-electron chi connectivity index (χ3n) is 4.81. The Kier molecular flexibility index (Phi) is 3.23. The van der Waals surface area contributed by atoms with Gasteiger partial charge in [-0.2, -0.15) is 0 Å². The maximum Gasteiger partial charge on any atom is 0.0936 e. The molecule has 0 bridgehead atoms. The van der Waals surface area contributed by atoms with Crippen molar-refractivity contribution in [2.45, 2.75) is 46.5 Å². The van der Waals surface area contributed by atoms with E-state index in [0.717, 1.165) is 18.4 Å². The summed E-state index contributed by atoms with van der Waals surface area (Å²) in [7, 11) is 0. The molecule has 1 heterocycles. The zero-order valence-electron chi connectivity index (χ0n) is 11.8. The Morgan fingerprint density at radius 1 is 1.33 bits per heavy atom. The highest BCUT2D eigenvalue weighted by Crippen LogP contribution is 2.60. The molecule has 2 nitrogen and oxygen atoms in total. The van der Waals surface area contributed by atoms with Gasteiger partial charge < -0.3 is 5.32 Å². The molecule has 18 heavy (non-hydrogen) atoms. The van der Waals surface area contributed by atoms with Gasteiger partial charge in [0.25, 0.3) is 0 Å². The summed E-state index contributed by atoms with van der Waals surface area (Å²) in [5, 5.41) is 4.96. The van der Waals surface area contributed by atoms with Gasteiger partial charge in [-0.1, -0.05) is 6.92 Å². The number of thiazole rings is 1. The van der Waals surface area contributed by atoms with Crippen molar-refractivity contribution >= 4 is 11.3 Å². The van der Waals surface area contributed by atoms with Gasteiger partial charge >= 0.3 is 0 Å². The standard InChI is InChI=1S/C15H24N2S/c1-4-16-9-15(6-12-5-13(12)7-15)8-14-17-10(2)11(3)18-14/h12-13,16H,4-9H2,1-3H3. The molecule has 2 unspecified atom stereocenters. The largest absolute Gasteiger partial charge is 0.316 e. The van der Waals surface area contributed by atoms with Crippen LogP contribution in [0, 0.1) is 31.1 Å². The van der Waals surface area contributed by atoms with Crippen LogP contribution in [-0.4, -0.2) is 18.1 Å². The number of aryl methyl sites for hydroxylation is 2. The smallest absolute Gasteiger partial charge is 0.0936 e. The van der Waals surface area contributed by atoms with Crippen LogP contribution < -0.4 is 5.32 Å². The van der Waals surface area contributed by atoms with Crippen LogP contribution in [0.3, 0.4) is 0 Å². The van der Waals surface area contributed by atoms with Gasteiger partial charge in [0, 0.05) is 17.8 Å². The van der Waals surface area contributed by atoms with Crippen molar-refractivity contribution in [1.29, 1.82) is 0 Å². The van der Waals surface area contributed by atoms with Crippen LogP contribution in [0.15, 0.2) is 0 Å². The van der Waals surface area contributed by atoms with Crippen LogP contribution in [0.2, 0.25) is 0 Å². The molecule has 0 amide bonds. The van der Waals surface area contributed by atoms with E-state index < -0.39 is 0 Å². The minimum Gasteiger partial charge on any atom is -0.316 e. The lowest BCUT2D eigenvalue weighted by atomic mass is 9.80. The van der Waals surface area contributed by atoms with E-state index in [1.165, 1.54) is 47.8 Å². The minimum atomic E-state index is 0.514. The third-order valence-corrected chi connectivity index (χ3v) is 5.88. The number of nitrogens with one attached hydrogen (secondary N) is 1. The number of nitrogens with zero attached hydrogens (tertiary/aromatic N) is 1. The van der Waals surface area contributed by atoms with Gasteiger partial charge in [-0.05, 0) is 56.9 Å². The Hall–Kier alpha value is -0.410. The monoisotopic (exact) mass is 264 g/mol.